The molecule has 1 aromatic carbocycles. The van der Waals surface area contributed by atoms with Crippen LogP contribution in [0.15, 0.2) is 40.9 Å². The van der Waals surface area contributed by atoms with Crippen LogP contribution in [0.4, 0.5) is 0 Å². The number of hydrogen-bond acceptors (Lipinski definition) is 4. The van der Waals surface area contributed by atoms with Crippen LogP contribution in [0.3, 0.4) is 0 Å². The van der Waals surface area contributed by atoms with E-state index in [9.17, 15) is 5.11 Å². The molecule has 0 bridgehead atoms. The van der Waals surface area contributed by atoms with Crippen molar-refractivity contribution in [2.75, 3.05) is 6.54 Å². The zero-order chi connectivity index (χ0) is 17.1. The highest BCUT2D eigenvalue weighted by atomic mass is 16.3. The zero-order valence-electron chi connectivity index (χ0n) is 14.5. The Morgan fingerprint density at radius 3 is 2.83 bits per heavy atom. The minimum atomic E-state index is -0.258. The predicted molar refractivity (Wildman–Crippen MR) is 95.6 cm³/mol. The van der Waals surface area contributed by atoms with Gasteiger partial charge in [-0.05, 0) is 37.9 Å². The van der Waals surface area contributed by atoms with Crippen LogP contribution in [0.1, 0.15) is 25.8 Å². The van der Waals surface area contributed by atoms with E-state index in [-0.39, 0.29) is 6.10 Å². The number of rotatable bonds is 7. The van der Waals surface area contributed by atoms with E-state index in [1.165, 1.54) is 0 Å². The highest BCUT2D eigenvalue weighted by Gasteiger charge is 2.15. The Morgan fingerprint density at radius 1 is 1.29 bits per heavy atom. The van der Waals surface area contributed by atoms with Gasteiger partial charge in [-0.3, -0.25) is 4.68 Å². The second-order valence-corrected chi connectivity index (χ2v) is 6.65. The molecular weight excluding hydrogens is 302 g/mol. The second-order valence-electron chi connectivity index (χ2n) is 6.65. The second kappa shape index (κ2) is 7.20. The quantitative estimate of drug-likeness (QED) is 0.699. The van der Waals surface area contributed by atoms with Crippen LogP contribution in [0, 0.1) is 5.92 Å². The molecule has 2 atom stereocenters. The fourth-order valence-electron chi connectivity index (χ4n) is 3.09. The number of nitrogens with one attached hydrogen (secondary N) is 1. The highest BCUT2D eigenvalue weighted by Crippen LogP contribution is 2.28. The molecule has 3 rings (SSSR count). The molecule has 0 saturated heterocycles. The first-order valence-electron chi connectivity index (χ1n) is 8.43. The number of aryl methyl sites for hydroxylation is 1. The molecule has 5 nitrogen and oxygen atoms in total. The van der Waals surface area contributed by atoms with Gasteiger partial charge in [0.2, 0.25) is 0 Å². The molecule has 2 unspecified atom stereocenters. The van der Waals surface area contributed by atoms with Crippen LogP contribution in [-0.2, 0) is 13.6 Å². The molecule has 0 radical (unpaired) electrons. The summed E-state index contributed by atoms with van der Waals surface area (Å²) in [6.07, 6.45) is 2.57. The Kier molecular flexibility index (Phi) is 5.02. The molecule has 2 aromatic heterocycles. The summed E-state index contributed by atoms with van der Waals surface area (Å²) in [5.74, 6) is 1.22. The predicted octanol–water partition coefficient (Wildman–Crippen LogP) is 3.33. The molecule has 3 aromatic rings. The lowest BCUT2D eigenvalue weighted by Gasteiger charge is -2.13. The Labute approximate surface area is 142 Å². The molecule has 128 valence electrons. The van der Waals surface area contributed by atoms with Crippen molar-refractivity contribution in [3.8, 4) is 11.5 Å². The van der Waals surface area contributed by atoms with Crippen LogP contribution in [0.2, 0.25) is 0 Å². The van der Waals surface area contributed by atoms with Crippen molar-refractivity contribution in [3.63, 3.8) is 0 Å². The summed E-state index contributed by atoms with van der Waals surface area (Å²) in [5.41, 5.74) is 2.87. The van der Waals surface area contributed by atoms with E-state index in [0.29, 0.717) is 5.92 Å². The largest absolute Gasteiger partial charge is 0.454 e. The van der Waals surface area contributed by atoms with E-state index in [1.807, 2.05) is 55.2 Å². The van der Waals surface area contributed by atoms with Gasteiger partial charge in [0.15, 0.2) is 5.76 Å². The van der Waals surface area contributed by atoms with Crippen LogP contribution >= 0.6 is 0 Å². The summed E-state index contributed by atoms with van der Waals surface area (Å²) in [5, 5.41) is 18.6. The Bertz CT molecular complexity index is 771. The number of benzene rings is 1. The maximum atomic E-state index is 9.45. The number of hydrogen-bond donors (Lipinski definition) is 2. The summed E-state index contributed by atoms with van der Waals surface area (Å²) < 4.78 is 7.77. The molecule has 5 heteroatoms. The molecule has 0 amide bonds. The molecule has 0 aliphatic carbocycles. The third kappa shape index (κ3) is 3.86. The Morgan fingerprint density at radius 2 is 2.08 bits per heavy atom. The minimum Gasteiger partial charge on any atom is -0.454 e. The molecule has 0 aliphatic heterocycles. The van der Waals surface area contributed by atoms with Crippen molar-refractivity contribution in [3.05, 3.63) is 42.1 Å². The van der Waals surface area contributed by atoms with E-state index in [1.54, 1.807) is 0 Å². The van der Waals surface area contributed by atoms with E-state index >= 15 is 0 Å². The average molecular weight is 327 g/mol. The van der Waals surface area contributed by atoms with Gasteiger partial charge in [0, 0.05) is 30.7 Å². The van der Waals surface area contributed by atoms with Crippen molar-refractivity contribution in [2.24, 2.45) is 13.0 Å². The molecule has 0 fully saturated rings. The van der Waals surface area contributed by atoms with Gasteiger partial charge in [-0.2, -0.15) is 5.10 Å². The monoisotopic (exact) mass is 327 g/mol. The number of fused-ring (bicyclic) bond motifs is 1. The maximum Gasteiger partial charge on any atom is 0.156 e. The van der Waals surface area contributed by atoms with Gasteiger partial charge in [0.25, 0.3) is 0 Å². The highest BCUT2D eigenvalue weighted by molar-refractivity contribution is 5.82. The van der Waals surface area contributed by atoms with Gasteiger partial charge in [0.05, 0.1) is 6.10 Å². The van der Waals surface area contributed by atoms with Crippen molar-refractivity contribution >= 4 is 11.0 Å². The third-order valence-corrected chi connectivity index (χ3v) is 4.12. The third-order valence-electron chi connectivity index (χ3n) is 4.12. The standard InChI is InChI=1S/C19H25N3O2/c1-13(8-14(2)23)10-20-11-16-12-22(3)21-19(16)18-9-15-6-4-5-7-17(15)24-18/h4-7,9,12-14,20,23H,8,10-11H2,1-3H3. The van der Waals surface area contributed by atoms with Crippen molar-refractivity contribution in [2.45, 2.75) is 32.9 Å². The number of aromatic nitrogens is 2. The number of nitrogens with zero attached hydrogens (tertiary/aromatic N) is 2. The molecule has 24 heavy (non-hydrogen) atoms. The Hall–Kier alpha value is -2.11. The average Bonchev–Trinajstić information content (AvgIpc) is 3.09. The lowest BCUT2D eigenvalue weighted by Crippen LogP contribution is -2.23. The molecule has 2 N–H and O–H groups in total. The number of furan rings is 1. The van der Waals surface area contributed by atoms with Gasteiger partial charge in [-0.25, -0.2) is 0 Å². The summed E-state index contributed by atoms with van der Waals surface area (Å²) in [7, 11) is 1.92. The molecular formula is C19H25N3O2. The SMILES string of the molecule is CC(O)CC(C)CNCc1cn(C)nc1-c1cc2ccccc2o1. The van der Waals surface area contributed by atoms with Crippen LogP contribution in [0.5, 0.6) is 0 Å². The molecule has 0 spiro atoms. The molecule has 0 saturated carbocycles. The first-order valence-corrected chi connectivity index (χ1v) is 8.43. The molecule has 2 heterocycles. The molecule has 0 aliphatic rings. The van der Waals surface area contributed by atoms with E-state index in [2.05, 4.69) is 17.3 Å². The van der Waals surface area contributed by atoms with Gasteiger partial charge in [-0.15, -0.1) is 0 Å². The van der Waals surface area contributed by atoms with Gasteiger partial charge < -0.3 is 14.8 Å². The van der Waals surface area contributed by atoms with Gasteiger partial charge >= 0.3 is 0 Å². The van der Waals surface area contributed by atoms with Crippen molar-refractivity contribution in [1.82, 2.24) is 15.1 Å². The minimum absolute atomic E-state index is 0.258. The summed E-state index contributed by atoms with van der Waals surface area (Å²) >= 11 is 0. The number of aliphatic hydroxyl groups is 1. The van der Waals surface area contributed by atoms with E-state index in [4.69, 9.17) is 4.42 Å². The Balaban J connectivity index is 1.73. The van der Waals surface area contributed by atoms with Gasteiger partial charge in [0.1, 0.15) is 11.3 Å². The first kappa shape index (κ1) is 16.7. The summed E-state index contributed by atoms with van der Waals surface area (Å²) in [4.78, 5) is 0. The topological polar surface area (TPSA) is 63.2 Å². The zero-order valence-corrected chi connectivity index (χ0v) is 14.5. The van der Waals surface area contributed by atoms with Crippen molar-refractivity contribution < 1.29 is 9.52 Å². The fourth-order valence-corrected chi connectivity index (χ4v) is 3.09. The summed E-state index contributed by atoms with van der Waals surface area (Å²) in [6, 6.07) is 10.0. The maximum absolute atomic E-state index is 9.45. The lowest BCUT2D eigenvalue weighted by molar-refractivity contribution is 0.163. The smallest absolute Gasteiger partial charge is 0.156 e. The van der Waals surface area contributed by atoms with E-state index in [0.717, 1.165) is 47.5 Å². The van der Waals surface area contributed by atoms with Crippen molar-refractivity contribution in [1.29, 1.82) is 0 Å². The lowest BCUT2D eigenvalue weighted by atomic mass is 10.0. The van der Waals surface area contributed by atoms with E-state index < -0.39 is 0 Å². The fraction of sp³-hybridized carbons (Fsp3) is 0.421. The first-order chi connectivity index (χ1) is 11.5. The normalized spacial score (nSPS) is 14.2. The van der Waals surface area contributed by atoms with Crippen LogP contribution in [-0.4, -0.2) is 27.5 Å². The van der Waals surface area contributed by atoms with Crippen LogP contribution in [0.25, 0.3) is 22.4 Å². The number of para-hydroxylation sites is 1. The number of aliphatic hydroxyl groups excluding tert-OH is 1. The van der Waals surface area contributed by atoms with Gasteiger partial charge in [-0.1, -0.05) is 25.1 Å². The summed E-state index contributed by atoms with van der Waals surface area (Å²) in [6.45, 7) is 5.56. The van der Waals surface area contributed by atoms with Crippen LogP contribution < -0.4 is 5.32 Å².